The largest absolute Gasteiger partial charge is 0.366 e. The molecular formula is C10H8ClN3O3S2. The Morgan fingerprint density at radius 3 is 2.68 bits per heavy atom. The lowest BCUT2D eigenvalue weighted by molar-refractivity contribution is 0.100. The Bertz CT molecular complexity index is 710. The van der Waals surface area contributed by atoms with Crippen LogP contribution in [0.3, 0.4) is 0 Å². The van der Waals surface area contributed by atoms with Crippen LogP contribution in [0.15, 0.2) is 34.7 Å². The highest BCUT2D eigenvalue weighted by molar-refractivity contribution is 7.93. The van der Waals surface area contributed by atoms with Crippen molar-refractivity contribution in [3.8, 4) is 0 Å². The van der Waals surface area contributed by atoms with Crippen LogP contribution >= 0.6 is 22.9 Å². The predicted octanol–water partition coefficient (Wildman–Crippen LogP) is 1.70. The van der Waals surface area contributed by atoms with Gasteiger partial charge in [-0.2, -0.15) is 0 Å². The first-order valence-electron chi connectivity index (χ1n) is 4.92. The van der Waals surface area contributed by atoms with E-state index in [-0.39, 0.29) is 20.6 Å². The predicted molar refractivity (Wildman–Crippen MR) is 72.9 cm³/mol. The first-order chi connectivity index (χ1) is 8.90. The average molecular weight is 318 g/mol. The monoisotopic (exact) mass is 317 g/mol. The molecule has 2 aromatic heterocycles. The van der Waals surface area contributed by atoms with Crippen molar-refractivity contribution in [1.29, 1.82) is 0 Å². The van der Waals surface area contributed by atoms with Gasteiger partial charge in [0.1, 0.15) is 15.0 Å². The summed E-state index contributed by atoms with van der Waals surface area (Å²) in [5, 5.41) is 1.92. The number of nitrogens with zero attached hydrogens (tertiary/aromatic N) is 1. The number of sulfonamides is 1. The van der Waals surface area contributed by atoms with Crippen LogP contribution in [0.4, 0.5) is 5.00 Å². The lowest BCUT2D eigenvalue weighted by Crippen LogP contribution is -2.17. The molecule has 2 aromatic rings. The summed E-state index contributed by atoms with van der Waals surface area (Å²) in [6.45, 7) is 0. The van der Waals surface area contributed by atoms with E-state index in [1.807, 2.05) is 0 Å². The summed E-state index contributed by atoms with van der Waals surface area (Å²) in [7, 11) is -3.82. The van der Waals surface area contributed by atoms with Gasteiger partial charge >= 0.3 is 0 Å². The third-order valence-corrected chi connectivity index (χ3v) is 4.69. The zero-order valence-corrected chi connectivity index (χ0v) is 11.7. The van der Waals surface area contributed by atoms with Crippen LogP contribution in [0, 0.1) is 0 Å². The Morgan fingerprint density at radius 1 is 1.37 bits per heavy atom. The molecule has 0 radical (unpaired) electrons. The Hall–Kier alpha value is -1.64. The number of nitrogens with one attached hydrogen (secondary N) is 1. The number of rotatable bonds is 4. The summed E-state index contributed by atoms with van der Waals surface area (Å²) in [6, 6.07) is 4.12. The van der Waals surface area contributed by atoms with Crippen LogP contribution in [-0.2, 0) is 10.0 Å². The van der Waals surface area contributed by atoms with E-state index in [0.29, 0.717) is 0 Å². The van der Waals surface area contributed by atoms with Gasteiger partial charge in [-0.25, -0.2) is 13.4 Å². The minimum absolute atomic E-state index is 0.0549. The number of hydrogen-bond acceptors (Lipinski definition) is 5. The summed E-state index contributed by atoms with van der Waals surface area (Å²) in [5.74, 6) is -0.701. The number of nitrogens with two attached hydrogens (primary N) is 1. The quantitative estimate of drug-likeness (QED) is 0.838. The Morgan fingerprint density at radius 2 is 2.11 bits per heavy atom. The standard InChI is InChI=1S/C10H8ClN3O3S2/c11-8-2-1-6(5-13-8)19(16,17)14-10-7(9(12)15)3-4-18-10/h1-5,14H,(H2,12,15). The van der Waals surface area contributed by atoms with E-state index in [1.54, 1.807) is 5.38 Å². The number of hydrogen-bond donors (Lipinski definition) is 2. The molecule has 2 rings (SSSR count). The fraction of sp³-hybridized carbons (Fsp3) is 0. The van der Waals surface area contributed by atoms with Gasteiger partial charge in [-0.05, 0) is 23.6 Å². The maximum atomic E-state index is 12.0. The molecular weight excluding hydrogens is 310 g/mol. The molecule has 0 aliphatic heterocycles. The van der Waals surface area contributed by atoms with Crippen molar-refractivity contribution in [3.05, 3.63) is 40.5 Å². The normalized spacial score (nSPS) is 11.2. The number of primary amides is 1. The van der Waals surface area contributed by atoms with Gasteiger partial charge in [0.15, 0.2) is 0 Å². The summed E-state index contributed by atoms with van der Waals surface area (Å²) >= 11 is 6.65. The van der Waals surface area contributed by atoms with Crippen LogP contribution in [-0.4, -0.2) is 19.3 Å². The smallest absolute Gasteiger partial charge is 0.264 e. The van der Waals surface area contributed by atoms with Gasteiger partial charge < -0.3 is 5.73 Å². The van der Waals surface area contributed by atoms with Crippen molar-refractivity contribution < 1.29 is 13.2 Å². The second-order valence-electron chi connectivity index (χ2n) is 3.45. The van der Waals surface area contributed by atoms with E-state index in [2.05, 4.69) is 9.71 Å². The first-order valence-corrected chi connectivity index (χ1v) is 7.66. The van der Waals surface area contributed by atoms with Crippen LogP contribution in [0.5, 0.6) is 0 Å². The Labute approximate surface area is 118 Å². The van der Waals surface area contributed by atoms with E-state index >= 15 is 0 Å². The summed E-state index contributed by atoms with van der Waals surface area (Å²) < 4.78 is 26.4. The van der Waals surface area contributed by atoms with E-state index in [1.165, 1.54) is 18.2 Å². The molecule has 1 amide bonds. The lowest BCUT2D eigenvalue weighted by Gasteiger charge is -2.07. The molecule has 0 fully saturated rings. The number of thiophene rings is 1. The van der Waals surface area contributed by atoms with Crippen molar-refractivity contribution in [2.24, 2.45) is 5.73 Å². The van der Waals surface area contributed by atoms with Gasteiger partial charge in [-0.15, -0.1) is 11.3 Å². The molecule has 0 bridgehead atoms. The van der Waals surface area contributed by atoms with Crippen LogP contribution in [0.1, 0.15) is 10.4 Å². The highest BCUT2D eigenvalue weighted by Crippen LogP contribution is 2.25. The minimum atomic E-state index is -3.82. The molecule has 6 nitrogen and oxygen atoms in total. The molecule has 0 atom stereocenters. The second kappa shape index (κ2) is 5.16. The van der Waals surface area contributed by atoms with Gasteiger partial charge in [0.05, 0.1) is 5.56 Å². The van der Waals surface area contributed by atoms with Crippen molar-refractivity contribution in [2.75, 3.05) is 4.72 Å². The number of pyridine rings is 1. The molecule has 0 spiro atoms. The molecule has 0 aliphatic carbocycles. The third-order valence-electron chi connectivity index (χ3n) is 2.17. The highest BCUT2D eigenvalue weighted by Gasteiger charge is 2.19. The van der Waals surface area contributed by atoms with Crippen LogP contribution in [0.2, 0.25) is 5.15 Å². The molecule has 0 saturated carbocycles. The second-order valence-corrected chi connectivity index (χ2v) is 6.44. The summed E-state index contributed by atoms with van der Waals surface area (Å²) in [6.07, 6.45) is 1.13. The Kier molecular flexibility index (Phi) is 3.74. The number of aromatic nitrogens is 1. The molecule has 2 heterocycles. The number of amides is 1. The number of anilines is 1. The minimum Gasteiger partial charge on any atom is -0.366 e. The van der Waals surface area contributed by atoms with Crippen LogP contribution < -0.4 is 10.5 Å². The van der Waals surface area contributed by atoms with Crippen molar-refractivity contribution in [2.45, 2.75) is 4.90 Å². The maximum Gasteiger partial charge on any atom is 0.264 e. The van der Waals surface area contributed by atoms with E-state index < -0.39 is 15.9 Å². The maximum absolute atomic E-state index is 12.0. The molecule has 19 heavy (non-hydrogen) atoms. The van der Waals surface area contributed by atoms with E-state index in [9.17, 15) is 13.2 Å². The molecule has 9 heteroatoms. The number of halogens is 1. The SMILES string of the molecule is NC(=O)c1ccsc1NS(=O)(=O)c1ccc(Cl)nc1. The molecule has 100 valence electrons. The third kappa shape index (κ3) is 3.03. The van der Waals surface area contributed by atoms with E-state index in [0.717, 1.165) is 17.5 Å². The highest BCUT2D eigenvalue weighted by atomic mass is 35.5. The summed E-state index contributed by atoms with van der Waals surface area (Å²) in [4.78, 5) is 14.7. The average Bonchev–Trinajstić information content (AvgIpc) is 2.77. The van der Waals surface area contributed by atoms with Gasteiger partial charge in [0, 0.05) is 6.20 Å². The topological polar surface area (TPSA) is 102 Å². The zero-order chi connectivity index (χ0) is 14.0. The van der Waals surface area contributed by atoms with Crippen molar-refractivity contribution in [1.82, 2.24) is 4.98 Å². The van der Waals surface area contributed by atoms with E-state index in [4.69, 9.17) is 17.3 Å². The number of carbonyl (C=O) groups excluding carboxylic acids is 1. The first kappa shape index (κ1) is 13.8. The Balaban J connectivity index is 2.34. The molecule has 0 unspecified atom stereocenters. The number of carbonyl (C=O) groups is 1. The molecule has 0 aromatic carbocycles. The van der Waals surface area contributed by atoms with Crippen LogP contribution in [0.25, 0.3) is 0 Å². The van der Waals surface area contributed by atoms with Crippen molar-refractivity contribution >= 4 is 43.9 Å². The molecule has 0 aliphatic rings. The van der Waals surface area contributed by atoms with Gasteiger partial charge in [0.2, 0.25) is 0 Å². The van der Waals surface area contributed by atoms with Crippen molar-refractivity contribution in [3.63, 3.8) is 0 Å². The van der Waals surface area contributed by atoms with Gasteiger partial charge in [-0.3, -0.25) is 9.52 Å². The molecule has 0 saturated heterocycles. The van der Waals surface area contributed by atoms with Gasteiger partial charge in [-0.1, -0.05) is 11.6 Å². The summed E-state index contributed by atoms with van der Waals surface area (Å²) in [5.41, 5.74) is 5.26. The van der Waals surface area contributed by atoms with Gasteiger partial charge in [0.25, 0.3) is 15.9 Å². The lowest BCUT2D eigenvalue weighted by atomic mass is 10.3. The fourth-order valence-electron chi connectivity index (χ4n) is 1.28. The zero-order valence-electron chi connectivity index (χ0n) is 9.33. The molecule has 3 N–H and O–H groups in total. The fourth-order valence-corrected chi connectivity index (χ4v) is 3.46.